The Morgan fingerprint density at radius 2 is 1.86 bits per heavy atom. The average Bonchev–Trinajstić information content (AvgIpc) is 2.98. The molecule has 42 heavy (non-hydrogen) atoms. The lowest BCUT2D eigenvalue weighted by Gasteiger charge is -2.43. The summed E-state index contributed by atoms with van der Waals surface area (Å²) >= 11 is 0. The van der Waals surface area contributed by atoms with Crippen LogP contribution in [0.15, 0.2) is 87.7 Å². The Morgan fingerprint density at radius 3 is 2.50 bits per heavy atom. The van der Waals surface area contributed by atoms with E-state index < -0.39 is 0 Å². The van der Waals surface area contributed by atoms with Gasteiger partial charge in [-0.1, -0.05) is 57.7 Å². The number of rotatable bonds is 12. The van der Waals surface area contributed by atoms with Crippen molar-refractivity contribution in [3.63, 3.8) is 0 Å². The highest BCUT2D eigenvalue weighted by Gasteiger charge is 2.33. The fourth-order valence-electron chi connectivity index (χ4n) is 5.94. The predicted octanol–water partition coefficient (Wildman–Crippen LogP) is 9.74. The zero-order valence-corrected chi connectivity index (χ0v) is 27.1. The Bertz CT molecular complexity index is 1370. The minimum atomic E-state index is 0.369. The lowest BCUT2D eigenvalue weighted by Crippen LogP contribution is -2.45. The van der Waals surface area contributed by atoms with Gasteiger partial charge in [0.2, 0.25) is 0 Å². The van der Waals surface area contributed by atoms with Gasteiger partial charge in [0.1, 0.15) is 11.5 Å². The molecule has 0 amide bonds. The highest BCUT2D eigenvalue weighted by atomic mass is 15.2. The largest absolute Gasteiger partial charge is 0.360 e. The third-order valence-electron chi connectivity index (χ3n) is 8.50. The van der Waals surface area contributed by atoms with Crippen LogP contribution in [0.5, 0.6) is 0 Å². The van der Waals surface area contributed by atoms with Gasteiger partial charge in [-0.2, -0.15) is 0 Å². The number of nitrogens with one attached hydrogen (secondary N) is 1. The van der Waals surface area contributed by atoms with Crippen LogP contribution in [0.25, 0.3) is 0 Å². The second-order valence-electron chi connectivity index (χ2n) is 11.6. The van der Waals surface area contributed by atoms with E-state index in [2.05, 4.69) is 99.4 Å². The Hall–Kier alpha value is -3.73. The van der Waals surface area contributed by atoms with Crippen LogP contribution in [0.4, 0.5) is 11.4 Å². The molecular formula is C37H51N5. The zero-order chi connectivity index (χ0) is 30.7. The maximum absolute atomic E-state index is 5.14. The van der Waals surface area contributed by atoms with Gasteiger partial charge >= 0.3 is 0 Å². The minimum Gasteiger partial charge on any atom is -0.360 e. The first kappa shape index (κ1) is 32.8. The molecule has 1 atom stereocenters. The van der Waals surface area contributed by atoms with Crippen molar-refractivity contribution in [2.24, 2.45) is 20.4 Å². The Labute approximate surface area is 255 Å². The fourth-order valence-corrected chi connectivity index (χ4v) is 5.94. The van der Waals surface area contributed by atoms with E-state index >= 15 is 0 Å². The number of hydrogen-bond acceptors (Lipinski definition) is 4. The third kappa shape index (κ3) is 8.40. The SMILES string of the molecule is C=CC(=C)/C(N=C(C)N1CCCC(CC)(CCC)C1)=C(\N=C/C)Nc1ccc(Cc2ccc(C)c(N=CC)c2)c(C)c1. The monoisotopic (exact) mass is 565 g/mol. The number of likely N-dealkylation sites (tertiary alicyclic amines) is 1. The van der Waals surface area contributed by atoms with Crippen LogP contribution < -0.4 is 5.32 Å². The van der Waals surface area contributed by atoms with Crippen molar-refractivity contribution in [2.75, 3.05) is 18.4 Å². The lowest BCUT2D eigenvalue weighted by molar-refractivity contribution is 0.119. The first-order chi connectivity index (χ1) is 20.2. The van der Waals surface area contributed by atoms with Crippen LogP contribution in [0.1, 0.15) is 89.0 Å². The van der Waals surface area contributed by atoms with E-state index in [4.69, 9.17) is 9.98 Å². The van der Waals surface area contributed by atoms with E-state index in [-0.39, 0.29) is 0 Å². The van der Waals surface area contributed by atoms with Gasteiger partial charge in [-0.25, -0.2) is 9.98 Å². The second-order valence-corrected chi connectivity index (χ2v) is 11.6. The van der Waals surface area contributed by atoms with E-state index in [0.717, 1.165) is 42.3 Å². The van der Waals surface area contributed by atoms with Crippen molar-refractivity contribution in [1.29, 1.82) is 0 Å². The molecule has 1 aliphatic rings. The molecule has 5 nitrogen and oxygen atoms in total. The molecule has 1 unspecified atom stereocenters. The first-order valence-electron chi connectivity index (χ1n) is 15.5. The van der Waals surface area contributed by atoms with Gasteiger partial charge < -0.3 is 10.2 Å². The van der Waals surface area contributed by atoms with Crippen molar-refractivity contribution < 1.29 is 0 Å². The van der Waals surface area contributed by atoms with Crippen molar-refractivity contribution >= 4 is 29.6 Å². The molecule has 3 rings (SSSR count). The third-order valence-corrected chi connectivity index (χ3v) is 8.50. The number of anilines is 1. The number of aryl methyl sites for hydroxylation is 2. The number of allylic oxidation sites excluding steroid dienone is 1. The predicted molar refractivity (Wildman–Crippen MR) is 185 cm³/mol. The molecule has 2 aromatic carbocycles. The van der Waals surface area contributed by atoms with Gasteiger partial charge in [-0.15, -0.1) is 0 Å². The zero-order valence-electron chi connectivity index (χ0n) is 27.1. The Kier molecular flexibility index (Phi) is 12.1. The molecule has 0 saturated carbocycles. The molecular weight excluding hydrogens is 514 g/mol. The number of hydrogen-bond donors (Lipinski definition) is 1. The summed E-state index contributed by atoms with van der Waals surface area (Å²) in [6, 6.07) is 13.0. The van der Waals surface area contributed by atoms with Crippen molar-refractivity contribution in [2.45, 2.75) is 87.0 Å². The van der Waals surface area contributed by atoms with E-state index in [1.54, 1.807) is 12.3 Å². The highest BCUT2D eigenvalue weighted by Crippen LogP contribution is 2.38. The van der Waals surface area contributed by atoms with Crippen LogP contribution in [-0.2, 0) is 6.42 Å². The van der Waals surface area contributed by atoms with Gasteiger partial charge in [-0.3, -0.25) is 4.99 Å². The van der Waals surface area contributed by atoms with Crippen LogP contribution in [0, 0.1) is 19.3 Å². The molecule has 1 aliphatic heterocycles. The number of amidine groups is 1. The fraction of sp³-hybridized carbons (Fsp3) is 0.432. The molecule has 1 saturated heterocycles. The number of piperidine rings is 1. The summed E-state index contributed by atoms with van der Waals surface area (Å²) in [4.78, 5) is 16.8. The quantitative estimate of drug-likeness (QED) is 0.158. The molecule has 2 aromatic rings. The number of nitrogens with zero attached hydrogens (tertiary/aromatic N) is 4. The second kappa shape index (κ2) is 15.5. The number of benzene rings is 2. The topological polar surface area (TPSA) is 52.4 Å². The van der Waals surface area contributed by atoms with Gasteiger partial charge in [0.25, 0.3) is 0 Å². The van der Waals surface area contributed by atoms with Gasteiger partial charge in [0.05, 0.1) is 5.69 Å². The number of aliphatic imine (C=N–C) groups is 3. The van der Waals surface area contributed by atoms with Crippen LogP contribution in [-0.4, -0.2) is 36.3 Å². The van der Waals surface area contributed by atoms with E-state index in [1.165, 1.54) is 54.4 Å². The van der Waals surface area contributed by atoms with Gasteiger partial charge in [0.15, 0.2) is 5.82 Å². The summed E-state index contributed by atoms with van der Waals surface area (Å²) in [5.74, 6) is 1.67. The molecule has 1 N–H and O–H groups in total. The summed E-state index contributed by atoms with van der Waals surface area (Å²) in [6.07, 6.45) is 12.4. The van der Waals surface area contributed by atoms with Crippen molar-refractivity contribution in [3.05, 3.63) is 95.0 Å². The smallest absolute Gasteiger partial charge is 0.156 e. The molecule has 224 valence electrons. The molecule has 1 heterocycles. The molecule has 5 heteroatoms. The standard InChI is InChI=1S/C37H51N5/c1-10-20-37(12-3)21-15-22-42(26-37)30(9)40-35(27(6)11-2)36(39-14-5)41-33-19-18-32(29(8)23-33)24-31-17-16-28(7)34(25-31)38-13-4/h11,13-14,16-19,23,25,41H,2,6,10,12,15,20-22,24,26H2,1,3-5,7-9H3/b36-35-,38-13?,39-14-,40-30?. The van der Waals surface area contributed by atoms with Crippen molar-refractivity contribution in [1.82, 2.24) is 4.90 Å². The summed E-state index contributed by atoms with van der Waals surface area (Å²) in [7, 11) is 0. The molecule has 0 aliphatic carbocycles. The summed E-state index contributed by atoms with van der Waals surface area (Å²) in [5.41, 5.74) is 8.75. The molecule has 0 radical (unpaired) electrons. The molecule has 0 spiro atoms. The minimum absolute atomic E-state index is 0.369. The van der Waals surface area contributed by atoms with E-state index in [1.807, 2.05) is 20.1 Å². The van der Waals surface area contributed by atoms with Crippen LogP contribution >= 0.6 is 0 Å². The van der Waals surface area contributed by atoms with E-state index in [0.29, 0.717) is 16.9 Å². The highest BCUT2D eigenvalue weighted by molar-refractivity contribution is 5.82. The molecule has 1 fully saturated rings. The summed E-state index contributed by atoms with van der Waals surface area (Å²) < 4.78 is 0. The Balaban J connectivity index is 1.92. The van der Waals surface area contributed by atoms with Crippen molar-refractivity contribution in [3.8, 4) is 0 Å². The van der Waals surface area contributed by atoms with Crippen LogP contribution in [0.3, 0.4) is 0 Å². The van der Waals surface area contributed by atoms with Crippen LogP contribution in [0.2, 0.25) is 0 Å². The normalized spacial score (nSPS) is 18.5. The lowest BCUT2D eigenvalue weighted by atomic mass is 9.74. The maximum atomic E-state index is 5.14. The van der Waals surface area contributed by atoms with Gasteiger partial charge in [-0.05, 0) is 118 Å². The first-order valence-corrected chi connectivity index (χ1v) is 15.5. The summed E-state index contributed by atoms with van der Waals surface area (Å²) in [5, 5.41) is 3.54. The Morgan fingerprint density at radius 1 is 1.07 bits per heavy atom. The van der Waals surface area contributed by atoms with Gasteiger partial charge in [0, 0.05) is 31.2 Å². The summed E-state index contributed by atoms with van der Waals surface area (Å²) in [6.45, 7) is 25.2. The average molecular weight is 566 g/mol. The molecule has 0 aromatic heterocycles. The van der Waals surface area contributed by atoms with E-state index in [9.17, 15) is 0 Å². The molecule has 0 bridgehead atoms. The maximum Gasteiger partial charge on any atom is 0.156 e.